The van der Waals surface area contributed by atoms with E-state index in [4.69, 9.17) is 34.8 Å². The summed E-state index contributed by atoms with van der Waals surface area (Å²) in [6.07, 6.45) is 0. The predicted octanol–water partition coefficient (Wildman–Crippen LogP) is 5.82. The molecule has 0 saturated carbocycles. The molecule has 0 unspecified atom stereocenters. The van der Waals surface area contributed by atoms with Crippen molar-refractivity contribution in [3.05, 3.63) is 56.5 Å². The fourth-order valence-corrected chi connectivity index (χ4v) is 3.75. The number of anilines is 1. The second-order valence-electron chi connectivity index (χ2n) is 4.67. The topological polar surface area (TPSA) is 42.0 Å². The van der Waals surface area contributed by atoms with Crippen LogP contribution in [0.5, 0.6) is 0 Å². The SMILES string of the molecule is Cc1ccc(Cl)c2sc(NC(=O)c3cc(Cl)cc(Cl)c3)nc12. The molecule has 0 bridgehead atoms. The van der Waals surface area contributed by atoms with Gasteiger partial charge < -0.3 is 0 Å². The smallest absolute Gasteiger partial charge is 0.257 e. The third-order valence-corrected chi connectivity index (χ3v) is 4.91. The minimum Gasteiger partial charge on any atom is -0.298 e. The molecule has 7 heteroatoms. The number of benzene rings is 2. The van der Waals surface area contributed by atoms with Gasteiger partial charge in [-0.2, -0.15) is 0 Å². The first kappa shape index (κ1) is 15.6. The molecule has 1 N–H and O–H groups in total. The van der Waals surface area contributed by atoms with Crippen molar-refractivity contribution in [3.8, 4) is 0 Å². The molecule has 0 aliphatic heterocycles. The molecule has 1 aromatic heterocycles. The summed E-state index contributed by atoms with van der Waals surface area (Å²) in [5.41, 5.74) is 2.17. The first-order valence-electron chi connectivity index (χ1n) is 6.27. The summed E-state index contributed by atoms with van der Waals surface area (Å²) in [6, 6.07) is 8.38. The van der Waals surface area contributed by atoms with Crippen molar-refractivity contribution >= 4 is 67.4 Å². The molecule has 0 spiro atoms. The van der Waals surface area contributed by atoms with Gasteiger partial charge in [0, 0.05) is 15.6 Å². The van der Waals surface area contributed by atoms with Crippen LogP contribution in [0.25, 0.3) is 10.2 Å². The van der Waals surface area contributed by atoms with E-state index in [1.165, 1.54) is 11.3 Å². The van der Waals surface area contributed by atoms with Crippen LogP contribution in [0.2, 0.25) is 15.1 Å². The Labute approximate surface area is 145 Å². The van der Waals surface area contributed by atoms with Gasteiger partial charge >= 0.3 is 0 Å². The van der Waals surface area contributed by atoms with Gasteiger partial charge in [0.15, 0.2) is 5.13 Å². The molecule has 3 aromatic rings. The molecule has 0 aliphatic rings. The highest BCUT2D eigenvalue weighted by Crippen LogP contribution is 2.34. The lowest BCUT2D eigenvalue weighted by Gasteiger charge is -2.03. The van der Waals surface area contributed by atoms with Crippen LogP contribution >= 0.6 is 46.1 Å². The highest BCUT2D eigenvalue weighted by molar-refractivity contribution is 7.23. The number of halogens is 3. The van der Waals surface area contributed by atoms with Gasteiger partial charge in [0.25, 0.3) is 5.91 Å². The third kappa shape index (κ3) is 3.06. The quantitative estimate of drug-likeness (QED) is 0.617. The summed E-state index contributed by atoms with van der Waals surface area (Å²) < 4.78 is 0.848. The Morgan fingerprint density at radius 3 is 2.45 bits per heavy atom. The van der Waals surface area contributed by atoms with Crippen molar-refractivity contribution in [1.29, 1.82) is 0 Å². The van der Waals surface area contributed by atoms with Crippen molar-refractivity contribution in [2.45, 2.75) is 6.92 Å². The molecule has 3 nitrogen and oxygen atoms in total. The van der Waals surface area contributed by atoms with Crippen LogP contribution in [0.15, 0.2) is 30.3 Å². The fraction of sp³-hybridized carbons (Fsp3) is 0.0667. The number of nitrogens with zero attached hydrogens (tertiary/aromatic N) is 1. The summed E-state index contributed by atoms with van der Waals surface area (Å²) in [4.78, 5) is 16.7. The number of hydrogen-bond donors (Lipinski definition) is 1. The zero-order valence-corrected chi connectivity index (χ0v) is 14.4. The lowest BCUT2D eigenvalue weighted by molar-refractivity contribution is 0.102. The van der Waals surface area contributed by atoms with Gasteiger partial charge in [-0.15, -0.1) is 0 Å². The molecule has 0 atom stereocenters. The van der Waals surface area contributed by atoms with E-state index in [9.17, 15) is 4.79 Å². The van der Waals surface area contributed by atoms with E-state index in [2.05, 4.69) is 10.3 Å². The molecule has 1 heterocycles. The highest BCUT2D eigenvalue weighted by Gasteiger charge is 2.13. The third-order valence-electron chi connectivity index (χ3n) is 3.04. The number of thiazole rings is 1. The molecule has 3 rings (SSSR count). The first-order valence-corrected chi connectivity index (χ1v) is 8.22. The molecule has 112 valence electrons. The molecule has 0 radical (unpaired) electrons. The largest absolute Gasteiger partial charge is 0.298 e. The maximum absolute atomic E-state index is 12.3. The number of nitrogens with one attached hydrogen (secondary N) is 1. The average molecular weight is 372 g/mol. The second-order valence-corrected chi connectivity index (χ2v) is 6.95. The Morgan fingerprint density at radius 2 is 1.82 bits per heavy atom. The summed E-state index contributed by atoms with van der Waals surface area (Å²) in [5, 5.41) is 4.65. The molecular formula is C15H9Cl3N2OS. The van der Waals surface area contributed by atoms with Gasteiger partial charge in [-0.1, -0.05) is 52.2 Å². The fourth-order valence-electron chi connectivity index (χ4n) is 2.01. The number of hydrogen-bond acceptors (Lipinski definition) is 3. The van der Waals surface area contributed by atoms with E-state index >= 15 is 0 Å². The lowest BCUT2D eigenvalue weighted by Crippen LogP contribution is -2.11. The van der Waals surface area contributed by atoms with E-state index in [1.54, 1.807) is 18.2 Å². The normalized spacial score (nSPS) is 10.9. The molecule has 0 aliphatic carbocycles. The lowest BCUT2D eigenvalue weighted by atomic mass is 10.2. The van der Waals surface area contributed by atoms with Crippen molar-refractivity contribution in [1.82, 2.24) is 4.98 Å². The maximum atomic E-state index is 12.3. The van der Waals surface area contributed by atoms with E-state index in [0.29, 0.717) is 25.8 Å². The van der Waals surface area contributed by atoms with E-state index in [1.807, 2.05) is 19.1 Å². The number of fused-ring (bicyclic) bond motifs is 1. The Hall–Kier alpha value is -1.33. The monoisotopic (exact) mass is 370 g/mol. The molecule has 1 amide bonds. The predicted molar refractivity (Wildman–Crippen MR) is 93.8 cm³/mol. The van der Waals surface area contributed by atoms with Crippen LogP contribution in [-0.4, -0.2) is 10.9 Å². The molecule has 0 saturated heterocycles. The van der Waals surface area contributed by atoms with Crippen molar-refractivity contribution in [2.75, 3.05) is 5.32 Å². The van der Waals surface area contributed by atoms with Gasteiger partial charge in [0.1, 0.15) is 0 Å². The number of amides is 1. The zero-order chi connectivity index (χ0) is 15.9. The molecule has 22 heavy (non-hydrogen) atoms. The van der Waals surface area contributed by atoms with Gasteiger partial charge in [0.05, 0.1) is 15.2 Å². The standard InChI is InChI=1S/C15H9Cl3N2OS/c1-7-2-3-11(18)13-12(7)19-15(22-13)20-14(21)8-4-9(16)6-10(17)5-8/h2-6H,1H3,(H,19,20,21). The van der Waals surface area contributed by atoms with Gasteiger partial charge in [-0.25, -0.2) is 4.98 Å². The minimum atomic E-state index is -0.322. The van der Waals surface area contributed by atoms with Crippen molar-refractivity contribution < 1.29 is 4.79 Å². The van der Waals surface area contributed by atoms with Gasteiger partial charge in [0.2, 0.25) is 0 Å². The van der Waals surface area contributed by atoms with Crippen LogP contribution < -0.4 is 5.32 Å². The van der Waals surface area contributed by atoms with Crippen LogP contribution in [0.3, 0.4) is 0 Å². The summed E-state index contributed by atoms with van der Waals surface area (Å²) >= 11 is 19.3. The molecule has 2 aromatic carbocycles. The van der Waals surface area contributed by atoms with Crippen molar-refractivity contribution in [2.24, 2.45) is 0 Å². The minimum absolute atomic E-state index is 0.322. The Morgan fingerprint density at radius 1 is 1.14 bits per heavy atom. The summed E-state index contributed by atoms with van der Waals surface area (Å²) in [5.74, 6) is -0.322. The van der Waals surface area contributed by atoms with Gasteiger partial charge in [-0.3, -0.25) is 10.1 Å². The van der Waals surface area contributed by atoms with Crippen LogP contribution in [0, 0.1) is 6.92 Å². The first-order chi connectivity index (χ1) is 10.4. The number of aryl methyl sites for hydroxylation is 1. The maximum Gasteiger partial charge on any atom is 0.257 e. The summed E-state index contributed by atoms with van der Waals surface area (Å²) in [6.45, 7) is 1.95. The Kier molecular flexibility index (Phi) is 4.28. The van der Waals surface area contributed by atoms with E-state index in [-0.39, 0.29) is 5.91 Å². The van der Waals surface area contributed by atoms with Crippen LogP contribution in [0.4, 0.5) is 5.13 Å². The Balaban J connectivity index is 1.94. The van der Waals surface area contributed by atoms with Gasteiger partial charge in [-0.05, 0) is 36.8 Å². The van der Waals surface area contributed by atoms with Crippen molar-refractivity contribution in [3.63, 3.8) is 0 Å². The van der Waals surface area contributed by atoms with E-state index in [0.717, 1.165) is 15.8 Å². The summed E-state index contributed by atoms with van der Waals surface area (Å²) in [7, 11) is 0. The molecule has 0 fully saturated rings. The average Bonchev–Trinajstić information content (AvgIpc) is 2.87. The van der Waals surface area contributed by atoms with Crippen LogP contribution in [-0.2, 0) is 0 Å². The Bertz CT molecular complexity index is 833. The number of carbonyl (C=O) groups excluding carboxylic acids is 1. The number of rotatable bonds is 2. The molecular weight excluding hydrogens is 363 g/mol. The van der Waals surface area contributed by atoms with E-state index < -0.39 is 0 Å². The van der Waals surface area contributed by atoms with Crippen LogP contribution in [0.1, 0.15) is 15.9 Å². The second kappa shape index (κ2) is 6.05. The number of carbonyl (C=O) groups is 1. The highest BCUT2D eigenvalue weighted by atomic mass is 35.5. The number of aromatic nitrogens is 1. The zero-order valence-electron chi connectivity index (χ0n) is 11.3.